The van der Waals surface area contributed by atoms with Crippen LogP contribution >= 0.6 is 31.9 Å². The van der Waals surface area contributed by atoms with Crippen LogP contribution in [0.2, 0.25) is 0 Å². The lowest BCUT2D eigenvalue weighted by Gasteiger charge is -2.21. The van der Waals surface area contributed by atoms with E-state index in [9.17, 15) is 0 Å². The highest BCUT2D eigenvalue weighted by Gasteiger charge is 2.11. The number of benzene rings is 1. The van der Waals surface area contributed by atoms with Crippen molar-refractivity contribution in [2.24, 2.45) is 0 Å². The third-order valence-corrected chi connectivity index (χ3v) is 2.94. The van der Waals surface area contributed by atoms with Crippen LogP contribution in [0.4, 0.5) is 0 Å². The Balaban J connectivity index is 2.79. The molecular weight excluding hydrogens is 358 g/mol. The molecule has 0 radical (unpaired) electrons. The predicted octanol–water partition coefficient (Wildman–Crippen LogP) is 4.62. The van der Waals surface area contributed by atoms with Crippen LogP contribution in [0.5, 0.6) is 5.75 Å². The molecule has 0 atom stereocenters. The number of hydrogen-bond donors (Lipinski definition) is 1. The minimum atomic E-state index is 0.0820. The second-order valence-corrected chi connectivity index (χ2v) is 7.20. The number of rotatable bonds is 5. The van der Waals surface area contributed by atoms with Crippen LogP contribution in [0.1, 0.15) is 26.3 Å². The Morgan fingerprint density at radius 2 is 2.06 bits per heavy atom. The summed E-state index contributed by atoms with van der Waals surface area (Å²) >= 11 is 6.78. The van der Waals surface area contributed by atoms with Crippen LogP contribution < -0.4 is 10.1 Å². The van der Waals surface area contributed by atoms with Crippen LogP contribution in [0.3, 0.4) is 0 Å². The zero-order valence-corrected chi connectivity index (χ0v) is 14.2. The zero-order valence-electron chi connectivity index (χ0n) is 11.0. The lowest BCUT2D eigenvalue weighted by atomic mass is 10.1. The van der Waals surface area contributed by atoms with Gasteiger partial charge in [-0.25, -0.2) is 0 Å². The molecule has 0 saturated carbocycles. The quantitative estimate of drug-likeness (QED) is 0.809. The van der Waals surface area contributed by atoms with E-state index in [0.29, 0.717) is 6.61 Å². The molecule has 0 aliphatic carbocycles. The van der Waals surface area contributed by atoms with Gasteiger partial charge in [0.1, 0.15) is 12.4 Å². The smallest absolute Gasteiger partial charge is 0.124 e. The van der Waals surface area contributed by atoms with E-state index in [0.717, 1.165) is 26.8 Å². The van der Waals surface area contributed by atoms with Gasteiger partial charge in [-0.15, -0.1) is 0 Å². The third kappa shape index (κ3) is 6.03. The van der Waals surface area contributed by atoms with E-state index in [-0.39, 0.29) is 5.54 Å². The minimum absolute atomic E-state index is 0.0820. The molecule has 1 rings (SSSR count). The normalized spacial score (nSPS) is 11.4. The van der Waals surface area contributed by atoms with Crippen molar-refractivity contribution in [3.63, 3.8) is 0 Å². The van der Waals surface area contributed by atoms with Gasteiger partial charge in [-0.05, 0) is 39.0 Å². The Morgan fingerprint density at radius 1 is 1.39 bits per heavy atom. The zero-order chi connectivity index (χ0) is 13.8. The van der Waals surface area contributed by atoms with Crippen LogP contribution in [0.25, 0.3) is 0 Å². The van der Waals surface area contributed by atoms with E-state index in [1.807, 2.05) is 12.1 Å². The molecule has 18 heavy (non-hydrogen) atoms. The third-order valence-electron chi connectivity index (χ3n) is 2.22. The molecule has 1 aromatic rings. The van der Waals surface area contributed by atoms with Crippen molar-refractivity contribution < 1.29 is 4.74 Å². The van der Waals surface area contributed by atoms with Crippen molar-refractivity contribution >= 4 is 31.9 Å². The molecule has 0 bridgehead atoms. The van der Waals surface area contributed by atoms with Gasteiger partial charge < -0.3 is 10.1 Å². The average Bonchev–Trinajstić information content (AvgIpc) is 2.23. The molecule has 0 aliphatic heterocycles. The van der Waals surface area contributed by atoms with Gasteiger partial charge in [-0.1, -0.05) is 38.4 Å². The molecule has 0 amide bonds. The molecule has 0 unspecified atom stereocenters. The summed E-state index contributed by atoms with van der Waals surface area (Å²) < 4.78 is 7.60. The molecule has 1 N–H and O–H groups in total. The fourth-order valence-electron chi connectivity index (χ4n) is 1.34. The largest absolute Gasteiger partial charge is 0.488 e. The highest BCUT2D eigenvalue weighted by Crippen LogP contribution is 2.24. The van der Waals surface area contributed by atoms with E-state index in [1.54, 1.807) is 0 Å². The summed E-state index contributed by atoms with van der Waals surface area (Å²) in [5, 5.41) is 3.46. The molecule has 0 spiro atoms. The molecular formula is C14H19Br2NO. The van der Waals surface area contributed by atoms with Crippen molar-refractivity contribution in [3.8, 4) is 5.75 Å². The molecule has 0 saturated heterocycles. The topological polar surface area (TPSA) is 21.3 Å². The standard InChI is InChI=1S/C14H19Br2NO/c1-10(15)9-18-13-6-5-12(16)7-11(13)8-17-14(2,3)4/h5-7,17H,1,8-9H2,2-4H3. The van der Waals surface area contributed by atoms with E-state index in [4.69, 9.17) is 4.74 Å². The van der Waals surface area contributed by atoms with Crippen LogP contribution in [-0.2, 0) is 6.54 Å². The first kappa shape index (κ1) is 15.7. The predicted molar refractivity (Wildman–Crippen MR) is 84.3 cm³/mol. The Hall–Kier alpha value is -0.320. The van der Waals surface area contributed by atoms with Gasteiger partial charge in [-0.2, -0.15) is 0 Å². The highest BCUT2D eigenvalue weighted by atomic mass is 79.9. The average molecular weight is 377 g/mol. The molecule has 0 fully saturated rings. The van der Waals surface area contributed by atoms with Gasteiger partial charge in [0.2, 0.25) is 0 Å². The molecule has 0 heterocycles. The fraction of sp³-hybridized carbons (Fsp3) is 0.429. The summed E-state index contributed by atoms with van der Waals surface area (Å²) in [5.74, 6) is 0.885. The van der Waals surface area contributed by atoms with Crippen molar-refractivity contribution in [3.05, 3.63) is 39.3 Å². The van der Waals surface area contributed by atoms with Gasteiger partial charge in [0, 0.05) is 26.6 Å². The van der Waals surface area contributed by atoms with Crippen LogP contribution in [0, 0.1) is 0 Å². The van der Waals surface area contributed by atoms with E-state index >= 15 is 0 Å². The first-order chi connectivity index (χ1) is 8.28. The van der Waals surface area contributed by atoms with Crippen LogP contribution in [-0.4, -0.2) is 12.1 Å². The van der Waals surface area contributed by atoms with E-state index in [2.05, 4.69) is 70.6 Å². The Kier molecular flexibility index (Phi) is 5.89. The number of ether oxygens (including phenoxy) is 1. The summed E-state index contributed by atoms with van der Waals surface area (Å²) in [6.45, 7) is 11.5. The number of halogens is 2. The summed E-state index contributed by atoms with van der Waals surface area (Å²) in [6, 6.07) is 6.03. The molecule has 1 aromatic carbocycles. The summed E-state index contributed by atoms with van der Waals surface area (Å²) in [4.78, 5) is 0. The lowest BCUT2D eigenvalue weighted by Crippen LogP contribution is -2.35. The second kappa shape index (κ2) is 6.73. The van der Waals surface area contributed by atoms with Gasteiger partial charge >= 0.3 is 0 Å². The Labute approximate surface area is 126 Å². The van der Waals surface area contributed by atoms with Crippen molar-refractivity contribution in [2.75, 3.05) is 6.61 Å². The van der Waals surface area contributed by atoms with E-state index in [1.165, 1.54) is 0 Å². The summed E-state index contributed by atoms with van der Waals surface area (Å²) in [6.07, 6.45) is 0. The number of nitrogens with one attached hydrogen (secondary N) is 1. The number of hydrogen-bond acceptors (Lipinski definition) is 2. The lowest BCUT2D eigenvalue weighted by molar-refractivity contribution is 0.350. The minimum Gasteiger partial charge on any atom is -0.488 e. The first-order valence-corrected chi connectivity index (χ1v) is 7.36. The molecule has 0 aromatic heterocycles. The first-order valence-electron chi connectivity index (χ1n) is 5.77. The van der Waals surface area contributed by atoms with Crippen molar-refractivity contribution in [1.82, 2.24) is 5.32 Å². The highest BCUT2D eigenvalue weighted by molar-refractivity contribution is 9.11. The summed E-state index contributed by atoms with van der Waals surface area (Å²) in [5.41, 5.74) is 1.21. The molecule has 0 aliphatic rings. The van der Waals surface area contributed by atoms with Crippen molar-refractivity contribution in [1.29, 1.82) is 0 Å². The molecule has 2 nitrogen and oxygen atoms in total. The monoisotopic (exact) mass is 375 g/mol. The van der Waals surface area contributed by atoms with Crippen molar-refractivity contribution in [2.45, 2.75) is 32.9 Å². The second-order valence-electron chi connectivity index (χ2n) is 5.16. The van der Waals surface area contributed by atoms with Gasteiger partial charge in [0.25, 0.3) is 0 Å². The van der Waals surface area contributed by atoms with Gasteiger partial charge in [0.15, 0.2) is 0 Å². The molecule has 4 heteroatoms. The maximum absolute atomic E-state index is 5.71. The maximum atomic E-state index is 5.71. The Morgan fingerprint density at radius 3 is 2.61 bits per heavy atom. The molecule has 100 valence electrons. The fourth-order valence-corrected chi connectivity index (χ4v) is 1.87. The van der Waals surface area contributed by atoms with Gasteiger partial charge in [-0.3, -0.25) is 0 Å². The Bertz CT molecular complexity index is 424. The van der Waals surface area contributed by atoms with Crippen LogP contribution in [0.15, 0.2) is 33.7 Å². The van der Waals surface area contributed by atoms with E-state index < -0.39 is 0 Å². The van der Waals surface area contributed by atoms with Gasteiger partial charge in [0.05, 0.1) is 0 Å². The SMILES string of the molecule is C=C(Br)COc1ccc(Br)cc1CNC(C)(C)C. The summed E-state index contributed by atoms with van der Waals surface area (Å²) in [7, 11) is 0. The maximum Gasteiger partial charge on any atom is 0.124 e.